The summed E-state index contributed by atoms with van der Waals surface area (Å²) in [6.45, 7) is 16.9. The van der Waals surface area contributed by atoms with Gasteiger partial charge in [-0.05, 0) is 36.5 Å². The van der Waals surface area contributed by atoms with E-state index in [0.29, 0.717) is 6.04 Å². The van der Waals surface area contributed by atoms with Gasteiger partial charge in [0.2, 0.25) is 0 Å². The Hall–Kier alpha value is -0.0800. The van der Waals surface area contributed by atoms with Crippen molar-refractivity contribution in [3.8, 4) is 0 Å². The Morgan fingerprint density at radius 3 is 2.35 bits per heavy atom. The first-order chi connectivity index (χ1) is 9.45. The lowest BCUT2D eigenvalue weighted by molar-refractivity contribution is 0.0278. The summed E-state index contributed by atoms with van der Waals surface area (Å²) in [5.74, 6) is 3.32. The Morgan fingerprint density at radius 2 is 1.85 bits per heavy atom. The molecule has 1 N–H and O–H groups in total. The molecule has 1 heterocycles. The molecular formula is C18H36N2. The summed E-state index contributed by atoms with van der Waals surface area (Å²) in [4.78, 5) is 2.90. The minimum Gasteiger partial charge on any atom is -0.311 e. The van der Waals surface area contributed by atoms with Gasteiger partial charge in [-0.3, -0.25) is 4.90 Å². The second-order valence-corrected chi connectivity index (χ2v) is 7.89. The fourth-order valence-electron chi connectivity index (χ4n) is 4.29. The molecule has 0 aromatic rings. The van der Waals surface area contributed by atoms with E-state index in [-0.39, 0.29) is 0 Å². The summed E-state index contributed by atoms with van der Waals surface area (Å²) < 4.78 is 0. The minimum absolute atomic E-state index is 0.693. The fraction of sp³-hybridized carbons (Fsp3) is 1.00. The van der Waals surface area contributed by atoms with Crippen molar-refractivity contribution >= 4 is 0 Å². The molecule has 0 bridgehead atoms. The van der Waals surface area contributed by atoms with Crippen LogP contribution in [0.25, 0.3) is 0 Å². The van der Waals surface area contributed by atoms with E-state index in [4.69, 9.17) is 0 Å². The van der Waals surface area contributed by atoms with E-state index in [9.17, 15) is 0 Å². The van der Waals surface area contributed by atoms with Crippen molar-refractivity contribution in [3.05, 3.63) is 0 Å². The molecule has 2 aliphatic rings. The summed E-state index contributed by atoms with van der Waals surface area (Å²) in [5.41, 5.74) is 0. The SMILES string of the molecule is CCC(C)C1CN(C2CCC(C)C2C)C(C(C)C)CN1. The first-order valence-corrected chi connectivity index (χ1v) is 8.94. The third kappa shape index (κ3) is 3.22. The summed E-state index contributed by atoms with van der Waals surface area (Å²) in [5, 5.41) is 3.84. The van der Waals surface area contributed by atoms with Crippen molar-refractivity contribution in [2.75, 3.05) is 13.1 Å². The zero-order valence-corrected chi connectivity index (χ0v) is 14.5. The molecule has 1 aliphatic heterocycles. The van der Waals surface area contributed by atoms with Crippen LogP contribution in [0.15, 0.2) is 0 Å². The van der Waals surface area contributed by atoms with Gasteiger partial charge < -0.3 is 5.32 Å². The second kappa shape index (κ2) is 6.79. The molecule has 6 atom stereocenters. The quantitative estimate of drug-likeness (QED) is 0.843. The molecule has 0 aromatic carbocycles. The number of nitrogens with zero attached hydrogens (tertiary/aromatic N) is 1. The van der Waals surface area contributed by atoms with E-state index < -0.39 is 0 Å². The molecule has 118 valence electrons. The lowest BCUT2D eigenvalue weighted by Gasteiger charge is -2.48. The molecule has 2 nitrogen and oxygen atoms in total. The van der Waals surface area contributed by atoms with Crippen molar-refractivity contribution in [2.24, 2.45) is 23.7 Å². The van der Waals surface area contributed by atoms with Crippen molar-refractivity contribution in [2.45, 2.75) is 78.9 Å². The van der Waals surface area contributed by atoms with Crippen LogP contribution in [0.4, 0.5) is 0 Å². The predicted molar refractivity (Wildman–Crippen MR) is 87.9 cm³/mol. The van der Waals surface area contributed by atoms with Crippen LogP contribution in [0.3, 0.4) is 0 Å². The zero-order valence-electron chi connectivity index (χ0n) is 14.5. The van der Waals surface area contributed by atoms with Crippen molar-refractivity contribution < 1.29 is 0 Å². The van der Waals surface area contributed by atoms with E-state index in [1.54, 1.807) is 0 Å². The molecule has 6 unspecified atom stereocenters. The number of rotatable bonds is 4. The molecule has 20 heavy (non-hydrogen) atoms. The summed E-state index contributed by atoms with van der Waals surface area (Å²) in [6.07, 6.45) is 4.13. The Bertz CT molecular complexity index is 302. The van der Waals surface area contributed by atoms with Crippen LogP contribution in [0.2, 0.25) is 0 Å². The Kier molecular flexibility index (Phi) is 5.53. The maximum Gasteiger partial charge on any atom is 0.0247 e. The first kappa shape index (κ1) is 16.3. The van der Waals surface area contributed by atoms with Gasteiger partial charge in [0, 0.05) is 31.2 Å². The van der Waals surface area contributed by atoms with E-state index in [2.05, 4.69) is 51.8 Å². The summed E-state index contributed by atoms with van der Waals surface area (Å²) >= 11 is 0. The van der Waals surface area contributed by atoms with Crippen molar-refractivity contribution in [1.82, 2.24) is 10.2 Å². The Morgan fingerprint density at radius 1 is 1.15 bits per heavy atom. The van der Waals surface area contributed by atoms with Gasteiger partial charge in [0.05, 0.1) is 0 Å². The van der Waals surface area contributed by atoms with Crippen LogP contribution in [0.5, 0.6) is 0 Å². The monoisotopic (exact) mass is 280 g/mol. The largest absolute Gasteiger partial charge is 0.311 e. The van der Waals surface area contributed by atoms with Crippen LogP contribution in [-0.4, -0.2) is 36.1 Å². The second-order valence-electron chi connectivity index (χ2n) is 7.89. The highest BCUT2D eigenvalue weighted by molar-refractivity contribution is 4.97. The van der Waals surface area contributed by atoms with Gasteiger partial charge in [-0.15, -0.1) is 0 Å². The van der Waals surface area contributed by atoms with E-state index in [1.165, 1.54) is 32.4 Å². The average Bonchev–Trinajstić information content (AvgIpc) is 2.77. The van der Waals surface area contributed by atoms with Crippen LogP contribution in [0.1, 0.15) is 60.8 Å². The lowest BCUT2D eigenvalue weighted by atomic mass is 9.88. The van der Waals surface area contributed by atoms with Gasteiger partial charge in [-0.2, -0.15) is 0 Å². The van der Waals surface area contributed by atoms with E-state index in [1.807, 2.05) is 0 Å². The molecule has 2 heteroatoms. The van der Waals surface area contributed by atoms with E-state index >= 15 is 0 Å². The zero-order chi connectivity index (χ0) is 14.9. The van der Waals surface area contributed by atoms with Gasteiger partial charge >= 0.3 is 0 Å². The van der Waals surface area contributed by atoms with Gasteiger partial charge in [0.25, 0.3) is 0 Å². The van der Waals surface area contributed by atoms with Crippen LogP contribution < -0.4 is 5.32 Å². The third-order valence-corrected chi connectivity index (χ3v) is 6.37. The van der Waals surface area contributed by atoms with Gasteiger partial charge in [0.15, 0.2) is 0 Å². The molecule has 1 aliphatic carbocycles. The molecule has 2 rings (SSSR count). The number of piperazine rings is 1. The van der Waals surface area contributed by atoms with Crippen LogP contribution >= 0.6 is 0 Å². The highest BCUT2D eigenvalue weighted by Gasteiger charge is 2.41. The molecule has 0 amide bonds. The third-order valence-electron chi connectivity index (χ3n) is 6.37. The molecular weight excluding hydrogens is 244 g/mol. The first-order valence-electron chi connectivity index (χ1n) is 8.94. The fourth-order valence-corrected chi connectivity index (χ4v) is 4.29. The van der Waals surface area contributed by atoms with Crippen LogP contribution in [0, 0.1) is 23.7 Å². The highest BCUT2D eigenvalue weighted by Crippen LogP contribution is 2.37. The molecule has 1 saturated carbocycles. The van der Waals surface area contributed by atoms with Gasteiger partial charge in [0.1, 0.15) is 0 Å². The predicted octanol–water partition coefficient (Wildman–Crippen LogP) is 3.77. The van der Waals surface area contributed by atoms with Gasteiger partial charge in [-0.1, -0.05) is 48.0 Å². The lowest BCUT2D eigenvalue weighted by Crippen LogP contribution is -2.63. The molecule has 2 fully saturated rings. The molecule has 0 spiro atoms. The Balaban J connectivity index is 2.11. The number of hydrogen-bond donors (Lipinski definition) is 1. The summed E-state index contributed by atoms with van der Waals surface area (Å²) in [7, 11) is 0. The number of nitrogens with one attached hydrogen (secondary N) is 1. The normalized spacial score (nSPS) is 41.2. The molecule has 1 saturated heterocycles. The maximum atomic E-state index is 3.84. The molecule has 0 radical (unpaired) electrons. The minimum atomic E-state index is 0.693. The standard InChI is InChI=1S/C18H36N2/c1-7-13(4)16-11-20(18(10-19-16)12(2)3)17-9-8-14(5)15(17)6/h12-19H,7-11H2,1-6H3. The average molecular weight is 280 g/mol. The highest BCUT2D eigenvalue weighted by atomic mass is 15.3. The number of hydrogen-bond acceptors (Lipinski definition) is 2. The van der Waals surface area contributed by atoms with Crippen molar-refractivity contribution in [3.63, 3.8) is 0 Å². The maximum absolute atomic E-state index is 3.84. The smallest absolute Gasteiger partial charge is 0.0247 e. The summed E-state index contributed by atoms with van der Waals surface area (Å²) in [6, 6.07) is 2.25. The van der Waals surface area contributed by atoms with Crippen LogP contribution in [-0.2, 0) is 0 Å². The van der Waals surface area contributed by atoms with Crippen molar-refractivity contribution in [1.29, 1.82) is 0 Å². The Labute approximate surface area is 126 Å². The van der Waals surface area contributed by atoms with Gasteiger partial charge in [-0.25, -0.2) is 0 Å². The molecule has 0 aromatic heterocycles. The van der Waals surface area contributed by atoms with E-state index in [0.717, 1.165) is 35.8 Å². The topological polar surface area (TPSA) is 15.3 Å².